The average Bonchev–Trinajstić information content (AvgIpc) is 2.18. The van der Waals surface area contributed by atoms with E-state index in [4.69, 9.17) is 17.3 Å². The van der Waals surface area contributed by atoms with Crippen LogP contribution < -0.4 is 5.73 Å². The Balaban J connectivity index is 2.45. The minimum atomic E-state index is 0.622. The van der Waals surface area contributed by atoms with Crippen molar-refractivity contribution in [3.8, 4) is 0 Å². The lowest BCUT2D eigenvalue weighted by atomic mass is 9.87. The molecule has 2 N–H and O–H groups in total. The van der Waals surface area contributed by atoms with Crippen LogP contribution in [0, 0.1) is 0 Å². The van der Waals surface area contributed by atoms with Crippen molar-refractivity contribution in [3.63, 3.8) is 0 Å². The Hall–Kier alpha value is -0.790. The van der Waals surface area contributed by atoms with Crippen LogP contribution in [0.4, 0.5) is 0 Å². The number of aryl methyl sites for hydroxylation is 1. The first-order valence-electron chi connectivity index (χ1n) is 4.99. The summed E-state index contributed by atoms with van der Waals surface area (Å²) in [6, 6.07) is 6.13. The molecule has 1 nitrogen and oxygen atoms in total. The first-order valence-corrected chi connectivity index (χ1v) is 5.37. The molecule has 0 heterocycles. The van der Waals surface area contributed by atoms with Crippen molar-refractivity contribution in [2.24, 2.45) is 5.73 Å². The average molecular weight is 208 g/mol. The fraction of sp³-hybridized carbons (Fsp3) is 0.333. The standard InChI is InChI=1S/C12H14ClN/c13-11-4-5-12-9(6-7-14)2-1-3-10(12)8-11/h4-6,8H,1-3,7,14H2/b9-6-. The maximum absolute atomic E-state index is 5.96. The summed E-state index contributed by atoms with van der Waals surface area (Å²) in [5, 5.41) is 0.831. The van der Waals surface area contributed by atoms with Crippen molar-refractivity contribution in [1.29, 1.82) is 0 Å². The van der Waals surface area contributed by atoms with Crippen LogP contribution in [0.1, 0.15) is 24.0 Å². The van der Waals surface area contributed by atoms with Crippen LogP contribution >= 0.6 is 11.6 Å². The molecule has 0 unspecified atom stereocenters. The van der Waals surface area contributed by atoms with E-state index in [0.29, 0.717) is 6.54 Å². The Bertz CT molecular complexity index is 369. The molecule has 1 aliphatic carbocycles. The van der Waals surface area contributed by atoms with Gasteiger partial charge in [0.2, 0.25) is 0 Å². The van der Waals surface area contributed by atoms with Crippen LogP contribution in [0.5, 0.6) is 0 Å². The van der Waals surface area contributed by atoms with Gasteiger partial charge in [0, 0.05) is 11.6 Å². The van der Waals surface area contributed by atoms with Gasteiger partial charge in [0.1, 0.15) is 0 Å². The topological polar surface area (TPSA) is 26.0 Å². The number of allylic oxidation sites excluding steroid dienone is 1. The minimum Gasteiger partial charge on any atom is -0.327 e. The van der Waals surface area contributed by atoms with Gasteiger partial charge in [0.05, 0.1) is 0 Å². The molecule has 0 fully saturated rings. The summed E-state index contributed by atoms with van der Waals surface area (Å²) in [6.45, 7) is 0.622. The molecule has 2 rings (SSSR count). The van der Waals surface area contributed by atoms with Crippen LogP contribution in [-0.4, -0.2) is 6.54 Å². The van der Waals surface area contributed by atoms with E-state index in [2.05, 4.69) is 18.2 Å². The molecule has 0 amide bonds. The summed E-state index contributed by atoms with van der Waals surface area (Å²) in [4.78, 5) is 0. The number of halogens is 1. The summed E-state index contributed by atoms with van der Waals surface area (Å²) >= 11 is 5.96. The number of hydrogen-bond acceptors (Lipinski definition) is 1. The van der Waals surface area contributed by atoms with Crippen molar-refractivity contribution < 1.29 is 0 Å². The lowest BCUT2D eigenvalue weighted by molar-refractivity contribution is 0.820. The molecule has 74 valence electrons. The van der Waals surface area contributed by atoms with E-state index in [-0.39, 0.29) is 0 Å². The summed E-state index contributed by atoms with van der Waals surface area (Å²) in [7, 11) is 0. The van der Waals surface area contributed by atoms with Gasteiger partial charge in [0.15, 0.2) is 0 Å². The van der Waals surface area contributed by atoms with Crippen LogP contribution in [0.2, 0.25) is 5.02 Å². The lowest BCUT2D eigenvalue weighted by Gasteiger charge is -2.19. The Labute approximate surface area is 89.6 Å². The zero-order chi connectivity index (χ0) is 9.97. The Morgan fingerprint density at radius 2 is 2.21 bits per heavy atom. The summed E-state index contributed by atoms with van der Waals surface area (Å²) in [5.74, 6) is 0. The number of fused-ring (bicyclic) bond motifs is 1. The van der Waals surface area contributed by atoms with E-state index in [1.54, 1.807) is 0 Å². The van der Waals surface area contributed by atoms with Crippen LogP contribution in [0.15, 0.2) is 24.3 Å². The largest absolute Gasteiger partial charge is 0.327 e. The van der Waals surface area contributed by atoms with Gasteiger partial charge in [0.25, 0.3) is 0 Å². The van der Waals surface area contributed by atoms with Gasteiger partial charge in [-0.25, -0.2) is 0 Å². The van der Waals surface area contributed by atoms with Crippen molar-refractivity contribution in [2.75, 3.05) is 6.54 Å². The Morgan fingerprint density at radius 1 is 1.36 bits per heavy atom. The third-order valence-corrected chi connectivity index (χ3v) is 2.90. The quantitative estimate of drug-likeness (QED) is 0.753. The summed E-state index contributed by atoms with van der Waals surface area (Å²) < 4.78 is 0. The van der Waals surface area contributed by atoms with Gasteiger partial charge in [-0.15, -0.1) is 0 Å². The van der Waals surface area contributed by atoms with Gasteiger partial charge in [-0.2, -0.15) is 0 Å². The highest BCUT2D eigenvalue weighted by molar-refractivity contribution is 6.30. The molecule has 0 aliphatic heterocycles. The number of hydrogen-bond donors (Lipinski definition) is 1. The maximum atomic E-state index is 5.96. The first-order chi connectivity index (χ1) is 6.81. The van der Waals surface area contributed by atoms with Gasteiger partial charge in [-0.3, -0.25) is 0 Å². The summed E-state index contributed by atoms with van der Waals surface area (Å²) in [6.07, 6.45) is 5.61. The zero-order valence-electron chi connectivity index (χ0n) is 8.09. The smallest absolute Gasteiger partial charge is 0.0409 e. The van der Waals surface area contributed by atoms with Crippen LogP contribution in [-0.2, 0) is 6.42 Å². The third-order valence-electron chi connectivity index (χ3n) is 2.67. The molecule has 0 aromatic heterocycles. The normalized spacial score (nSPS) is 18.3. The second-order valence-corrected chi connectivity index (χ2v) is 4.06. The van der Waals surface area contributed by atoms with E-state index in [1.165, 1.54) is 23.1 Å². The molecule has 0 saturated carbocycles. The first kappa shape index (κ1) is 9.75. The predicted octanol–water partition coefficient (Wildman–Crippen LogP) is 3.02. The number of benzene rings is 1. The monoisotopic (exact) mass is 207 g/mol. The molecule has 1 aromatic rings. The lowest BCUT2D eigenvalue weighted by Crippen LogP contribution is -2.04. The Kier molecular flexibility index (Phi) is 2.90. The van der Waals surface area contributed by atoms with Gasteiger partial charge in [-0.05, 0) is 48.1 Å². The minimum absolute atomic E-state index is 0.622. The van der Waals surface area contributed by atoms with E-state index in [1.807, 2.05) is 6.07 Å². The molecule has 1 aliphatic rings. The van der Waals surface area contributed by atoms with E-state index < -0.39 is 0 Å². The van der Waals surface area contributed by atoms with Gasteiger partial charge in [-0.1, -0.05) is 23.7 Å². The second-order valence-electron chi connectivity index (χ2n) is 3.62. The van der Waals surface area contributed by atoms with Crippen molar-refractivity contribution in [2.45, 2.75) is 19.3 Å². The molecule has 0 spiro atoms. The molecule has 1 aromatic carbocycles. The highest BCUT2D eigenvalue weighted by Crippen LogP contribution is 2.31. The number of rotatable bonds is 1. The fourth-order valence-corrected chi connectivity index (χ4v) is 2.24. The van der Waals surface area contributed by atoms with Crippen molar-refractivity contribution in [1.82, 2.24) is 0 Å². The molecule has 0 saturated heterocycles. The SMILES string of the molecule is NC/C=C1/CCCc2cc(Cl)ccc21. The van der Waals surface area contributed by atoms with Gasteiger partial charge < -0.3 is 5.73 Å². The number of nitrogens with two attached hydrogens (primary N) is 1. The van der Waals surface area contributed by atoms with E-state index in [9.17, 15) is 0 Å². The fourth-order valence-electron chi connectivity index (χ4n) is 2.04. The van der Waals surface area contributed by atoms with Crippen LogP contribution in [0.3, 0.4) is 0 Å². The molecular formula is C12H14ClN. The highest BCUT2D eigenvalue weighted by atomic mass is 35.5. The second kappa shape index (κ2) is 4.16. The van der Waals surface area contributed by atoms with Gasteiger partial charge >= 0.3 is 0 Å². The van der Waals surface area contributed by atoms with E-state index in [0.717, 1.165) is 17.9 Å². The summed E-state index contributed by atoms with van der Waals surface area (Å²) in [5.41, 5.74) is 9.63. The zero-order valence-corrected chi connectivity index (χ0v) is 8.85. The van der Waals surface area contributed by atoms with E-state index >= 15 is 0 Å². The van der Waals surface area contributed by atoms with Crippen LogP contribution in [0.25, 0.3) is 5.57 Å². The van der Waals surface area contributed by atoms with Crippen molar-refractivity contribution in [3.05, 3.63) is 40.4 Å². The molecule has 0 bridgehead atoms. The maximum Gasteiger partial charge on any atom is 0.0409 e. The molecular weight excluding hydrogens is 194 g/mol. The third kappa shape index (κ3) is 1.84. The predicted molar refractivity (Wildman–Crippen MR) is 61.4 cm³/mol. The molecule has 0 atom stereocenters. The molecule has 2 heteroatoms. The Morgan fingerprint density at radius 3 is 3.00 bits per heavy atom. The molecule has 0 radical (unpaired) electrons. The molecule has 14 heavy (non-hydrogen) atoms. The van der Waals surface area contributed by atoms with Crippen molar-refractivity contribution >= 4 is 17.2 Å². The highest BCUT2D eigenvalue weighted by Gasteiger charge is 2.13.